The number of nitrogens with two attached hydrogens (primary N) is 2. The summed E-state index contributed by atoms with van der Waals surface area (Å²) in [7, 11) is 0. The molecule has 0 aliphatic carbocycles. The van der Waals surface area contributed by atoms with Gasteiger partial charge in [-0.2, -0.15) is 0 Å². The number of nitrogens with one attached hydrogen (secondary N) is 1. The van der Waals surface area contributed by atoms with Gasteiger partial charge in [0.2, 0.25) is 0 Å². The van der Waals surface area contributed by atoms with Gasteiger partial charge in [-0.15, -0.1) is 11.3 Å². The van der Waals surface area contributed by atoms with Gasteiger partial charge in [0.15, 0.2) is 6.04 Å². The van der Waals surface area contributed by atoms with Crippen LogP contribution in [0, 0.1) is 5.92 Å². The van der Waals surface area contributed by atoms with Crippen LogP contribution < -0.4 is 16.4 Å². The minimum Gasteiger partial charge on any atom is -0.351 e. The molecule has 2 rings (SSSR count). The second kappa shape index (κ2) is 8.78. The molecule has 2 aromatic rings. The van der Waals surface area contributed by atoms with Crippen LogP contribution in [0.4, 0.5) is 4.79 Å². The van der Waals surface area contributed by atoms with Gasteiger partial charge in [-0.1, -0.05) is 44.2 Å². The van der Waals surface area contributed by atoms with E-state index in [4.69, 9.17) is 5.73 Å². The van der Waals surface area contributed by atoms with Crippen LogP contribution in [0.1, 0.15) is 42.8 Å². The van der Waals surface area contributed by atoms with E-state index in [-0.39, 0.29) is 11.9 Å². The zero-order valence-corrected chi connectivity index (χ0v) is 15.7. The van der Waals surface area contributed by atoms with Crippen LogP contribution in [-0.4, -0.2) is 18.0 Å². The minimum atomic E-state index is -0.823. The number of urea groups is 1. The number of carbonyl (C=O) groups is 2. The van der Waals surface area contributed by atoms with E-state index >= 15 is 0 Å². The third-order valence-corrected chi connectivity index (χ3v) is 4.93. The Morgan fingerprint density at radius 2 is 1.84 bits per heavy atom. The molecule has 0 unspecified atom stereocenters. The summed E-state index contributed by atoms with van der Waals surface area (Å²) in [6, 6.07) is 11.4. The highest BCUT2D eigenvalue weighted by atomic mass is 32.1. The van der Waals surface area contributed by atoms with Crippen LogP contribution in [-0.2, 0) is 11.2 Å². The third-order valence-electron chi connectivity index (χ3n) is 3.97. The highest BCUT2D eigenvalue weighted by Gasteiger charge is 2.26. The quantitative estimate of drug-likeness (QED) is 0.706. The number of benzene rings is 1. The van der Waals surface area contributed by atoms with Gasteiger partial charge < -0.3 is 11.1 Å². The van der Waals surface area contributed by atoms with E-state index in [9.17, 15) is 9.59 Å². The van der Waals surface area contributed by atoms with E-state index in [0.29, 0.717) is 5.92 Å². The number of rotatable bonds is 7. The van der Waals surface area contributed by atoms with Gasteiger partial charge in [-0.05, 0) is 36.3 Å². The van der Waals surface area contributed by atoms with E-state index in [1.165, 1.54) is 5.56 Å². The molecule has 5 N–H and O–H groups in total. The monoisotopic (exact) mass is 360 g/mol. The Labute approximate surface area is 152 Å². The highest BCUT2D eigenvalue weighted by Crippen LogP contribution is 2.23. The van der Waals surface area contributed by atoms with Gasteiger partial charge in [0.05, 0.1) is 4.88 Å². The van der Waals surface area contributed by atoms with Gasteiger partial charge in [-0.25, -0.2) is 4.79 Å². The molecule has 5 nitrogen and oxygen atoms in total. The van der Waals surface area contributed by atoms with Gasteiger partial charge in [0, 0.05) is 5.56 Å². The van der Waals surface area contributed by atoms with Crippen molar-refractivity contribution in [2.24, 2.45) is 11.7 Å². The van der Waals surface area contributed by atoms with Gasteiger partial charge in [0.25, 0.3) is 5.91 Å². The van der Waals surface area contributed by atoms with E-state index in [0.717, 1.165) is 16.9 Å². The Hall–Kier alpha value is -2.18. The fourth-order valence-electron chi connectivity index (χ4n) is 2.78. The number of quaternary nitrogens is 1. The number of imide groups is 1. The summed E-state index contributed by atoms with van der Waals surface area (Å²) < 4.78 is 0. The second-order valence-electron chi connectivity index (χ2n) is 6.67. The van der Waals surface area contributed by atoms with E-state index in [1.54, 1.807) is 18.3 Å². The van der Waals surface area contributed by atoms with Crippen molar-refractivity contribution in [2.45, 2.75) is 39.3 Å². The maximum Gasteiger partial charge on any atom is 0.319 e. The molecular weight excluding hydrogens is 334 g/mol. The Morgan fingerprint density at radius 3 is 2.36 bits per heavy atom. The maximum absolute atomic E-state index is 12.0. The SMILES string of the molecule is CC(C)Cc1ccc([C@H]([NH2+][C@@H](C)C(=O)NC(N)=O)c2cccs2)cc1. The lowest BCUT2D eigenvalue weighted by molar-refractivity contribution is -0.704. The number of amides is 3. The summed E-state index contributed by atoms with van der Waals surface area (Å²) in [4.78, 5) is 24.1. The summed E-state index contributed by atoms with van der Waals surface area (Å²) in [6.45, 7) is 6.18. The molecule has 1 aromatic heterocycles. The molecule has 134 valence electrons. The number of carbonyl (C=O) groups excluding carboxylic acids is 2. The summed E-state index contributed by atoms with van der Waals surface area (Å²) in [5, 5.41) is 6.13. The minimum absolute atomic E-state index is 0.00160. The van der Waals surface area contributed by atoms with Crippen molar-refractivity contribution < 1.29 is 14.9 Å². The summed E-state index contributed by atoms with van der Waals surface area (Å²) >= 11 is 1.65. The van der Waals surface area contributed by atoms with Gasteiger partial charge in [0.1, 0.15) is 6.04 Å². The Balaban J connectivity index is 2.19. The first-order valence-corrected chi connectivity index (χ1v) is 9.32. The number of hydrogen-bond acceptors (Lipinski definition) is 3. The van der Waals surface area contributed by atoms with Crippen LogP contribution in [0.15, 0.2) is 41.8 Å². The predicted molar refractivity (Wildman–Crippen MR) is 100 cm³/mol. The molecule has 0 spiro atoms. The van der Waals surface area contributed by atoms with Gasteiger partial charge in [-0.3, -0.25) is 10.1 Å². The first kappa shape index (κ1) is 19.1. The molecule has 3 amide bonds. The Morgan fingerprint density at radius 1 is 1.16 bits per heavy atom. The molecule has 0 fully saturated rings. The third kappa shape index (κ3) is 5.69. The zero-order valence-electron chi connectivity index (χ0n) is 14.9. The lowest BCUT2D eigenvalue weighted by Gasteiger charge is -2.19. The summed E-state index contributed by atoms with van der Waals surface area (Å²) in [6.07, 6.45) is 1.05. The topological polar surface area (TPSA) is 88.8 Å². The van der Waals surface area contributed by atoms with E-state index in [2.05, 4.69) is 49.5 Å². The largest absolute Gasteiger partial charge is 0.351 e. The molecule has 0 saturated carbocycles. The predicted octanol–water partition coefficient (Wildman–Crippen LogP) is 2.18. The normalized spacial score (nSPS) is 13.4. The number of thiophene rings is 1. The molecule has 1 heterocycles. The molecule has 0 aliphatic heterocycles. The van der Waals surface area contributed by atoms with Crippen LogP contribution in [0.25, 0.3) is 0 Å². The first-order chi connectivity index (χ1) is 11.9. The van der Waals surface area contributed by atoms with Crippen molar-refractivity contribution in [3.8, 4) is 0 Å². The molecule has 1 aromatic carbocycles. The van der Waals surface area contributed by atoms with Gasteiger partial charge >= 0.3 is 6.03 Å². The zero-order chi connectivity index (χ0) is 18.4. The fourth-order valence-corrected chi connectivity index (χ4v) is 3.61. The number of hydrogen-bond donors (Lipinski definition) is 3. The average molecular weight is 361 g/mol. The molecule has 0 bridgehead atoms. The second-order valence-corrected chi connectivity index (χ2v) is 7.65. The van der Waals surface area contributed by atoms with Crippen molar-refractivity contribution in [3.63, 3.8) is 0 Å². The van der Waals surface area contributed by atoms with E-state index < -0.39 is 12.1 Å². The van der Waals surface area contributed by atoms with Crippen LogP contribution in [0.5, 0.6) is 0 Å². The molecule has 0 saturated heterocycles. The van der Waals surface area contributed by atoms with Crippen LogP contribution in [0.2, 0.25) is 0 Å². The van der Waals surface area contributed by atoms with Crippen molar-refractivity contribution in [2.75, 3.05) is 0 Å². The summed E-state index contributed by atoms with van der Waals surface area (Å²) in [5.74, 6) is 0.230. The lowest BCUT2D eigenvalue weighted by atomic mass is 9.98. The molecule has 0 aliphatic rings. The first-order valence-electron chi connectivity index (χ1n) is 8.44. The maximum atomic E-state index is 12.0. The fraction of sp³-hybridized carbons (Fsp3) is 0.368. The molecular formula is C19H26N3O2S+. The Bertz CT molecular complexity index is 696. The number of primary amides is 1. The lowest BCUT2D eigenvalue weighted by Crippen LogP contribution is -2.92. The molecule has 0 radical (unpaired) electrons. The summed E-state index contributed by atoms with van der Waals surface area (Å²) in [5.41, 5.74) is 7.48. The standard InChI is InChI=1S/C19H25N3O2S/c1-12(2)11-14-6-8-15(9-7-14)17(16-5-4-10-25-16)21-13(3)18(23)22-19(20)24/h4-10,12-13,17,21H,11H2,1-3H3,(H3,20,22,23,24)/p+1/t13-,17-/m0/s1. The van der Waals surface area contributed by atoms with Crippen molar-refractivity contribution in [1.29, 1.82) is 0 Å². The van der Waals surface area contributed by atoms with Crippen molar-refractivity contribution >= 4 is 23.3 Å². The molecule has 25 heavy (non-hydrogen) atoms. The Kier molecular flexibility index (Phi) is 6.73. The van der Waals surface area contributed by atoms with Crippen molar-refractivity contribution in [3.05, 3.63) is 57.8 Å². The molecule has 2 atom stereocenters. The average Bonchev–Trinajstić information content (AvgIpc) is 3.06. The smallest absolute Gasteiger partial charge is 0.319 e. The van der Waals surface area contributed by atoms with Crippen LogP contribution in [0.3, 0.4) is 0 Å². The highest BCUT2D eigenvalue weighted by molar-refractivity contribution is 7.10. The van der Waals surface area contributed by atoms with E-state index in [1.807, 2.05) is 16.8 Å². The van der Waals surface area contributed by atoms with Crippen LogP contribution >= 0.6 is 11.3 Å². The van der Waals surface area contributed by atoms with Crippen molar-refractivity contribution in [1.82, 2.24) is 5.32 Å². The molecule has 6 heteroatoms.